The van der Waals surface area contributed by atoms with E-state index in [1.54, 1.807) is 0 Å². The number of carbonyl (C=O) groups is 2. The summed E-state index contributed by atoms with van der Waals surface area (Å²) >= 11 is 0. The lowest BCUT2D eigenvalue weighted by molar-refractivity contribution is -0.122. The highest BCUT2D eigenvalue weighted by molar-refractivity contribution is 5.77. The van der Waals surface area contributed by atoms with Gasteiger partial charge in [0.15, 0.2) is 0 Å². The molecule has 0 aromatic heterocycles. The summed E-state index contributed by atoms with van der Waals surface area (Å²) in [5.41, 5.74) is 2.31. The van der Waals surface area contributed by atoms with Crippen molar-refractivity contribution in [2.75, 3.05) is 13.1 Å². The van der Waals surface area contributed by atoms with Crippen molar-refractivity contribution in [2.45, 2.75) is 25.7 Å². The van der Waals surface area contributed by atoms with Gasteiger partial charge in [0.25, 0.3) is 0 Å². The minimum absolute atomic E-state index is 0.0115. The summed E-state index contributed by atoms with van der Waals surface area (Å²) in [6.07, 6.45) is 2.39. The van der Waals surface area contributed by atoms with Crippen LogP contribution < -0.4 is 10.6 Å². The highest BCUT2D eigenvalue weighted by Gasteiger charge is 2.04. The molecule has 0 unspecified atom stereocenters. The maximum Gasteiger partial charge on any atom is 0.220 e. The van der Waals surface area contributed by atoms with Crippen LogP contribution in [-0.4, -0.2) is 24.9 Å². The second-order valence-corrected chi connectivity index (χ2v) is 5.67. The monoisotopic (exact) mass is 324 g/mol. The van der Waals surface area contributed by atoms with Crippen molar-refractivity contribution in [1.29, 1.82) is 0 Å². The Bertz CT molecular complexity index is 569. The summed E-state index contributed by atoms with van der Waals surface area (Å²) < 4.78 is 0. The molecular weight excluding hydrogens is 300 g/mol. The van der Waals surface area contributed by atoms with Gasteiger partial charge >= 0.3 is 0 Å². The SMILES string of the molecule is O=C(CCc1ccccc1)NCCNC(=O)CCc1ccccc1. The average Bonchev–Trinajstić information content (AvgIpc) is 2.63. The lowest BCUT2D eigenvalue weighted by Crippen LogP contribution is -2.34. The smallest absolute Gasteiger partial charge is 0.220 e. The lowest BCUT2D eigenvalue weighted by atomic mass is 10.1. The Morgan fingerprint density at radius 3 is 1.38 bits per heavy atom. The molecule has 0 aliphatic carbocycles. The maximum atomic E-state index is 11.7. The molecule has 0 aliphatic rings. The van der Waals surface area contributed by atoms with E-state index >= 15 is 0 Å². The molecule has 0 spiro atoms. The molecule has 0 saturated carbocycles. The van der Waals surface area contributed by atoms with Gasteiger partial charge in [-0.1, -0.05) is 60.7 Å². The Kier molecular flexibility index (Phi) is 7.54. The van der Waals surface area contributed by atoms with E-state index in [0.717, 1.165) is 24.0 Å². The molecule has 2 amide bonds. The second-order valence-electron chi connectivity index (χ2n) is 5.67. The van der Waals surface area contributed by atoms with Crippen LogP contribution in [-0.2, 0) is 22.4 Å². The first kappa shape index (κ1) is 17.7. The van der Waals surface area contributed by atoms with Crippen LogP contribution in [0.5, 0.6) is 0 Å². The third-order valence-electron chi connectivity index (χ3n) is 3.74. The zero-order chi connectivity index (χ0) is 17.0. The van der Waals surface area contributed by atoms with Gasteiger partial charge in [0, 0.05) is 25.9 Å². The van der Waals surface area contributed by atoms with Crippen molar-refractivity contribution in [3.63, 3.8) is 0 Å². The Hall–Kier alpha value is -2.62. The van der Waals surface area contributed by atoms with E-state index in [1.807, 2.05) is 60.7 Å². The van der Waals surface area contributed by atoms with Crippen molar-refractivity contribution in [3.8, 4) is 0 Å². The van der Waals surface area contributed by atoms with E-state index in [9.17, 15) is 9.59 Å². The molecule has 2 aromatic carbocycles. The number of amides is 2. The fourth-order valence-electron chi connectivity index (χ4n) is 2.39. The summed E-state index contributed by atoms with van der Waals surface area (Å²) in [5.74, 6) is 0.0229. The predicted octanol–water partition coefficient (Wildman–Crippen LogP) is 2.48. The molecule has 0 heterocycles. The number of rotatable bonds is 9. The average molecular weight is 324 g/mol. The Labute approximate surface area is 143 Å². The van der Waals surface area contributed by atoms with Crippen LogP contribution in [0.3, 0.4) is 0 Å². The number of hydrogen-bond acceptors (Lipinski definition) is 2. The molecular formula is C20H24N2O2. The predicted molar refractivity (Wildman–Crippen MR) is 95.5 cm³/mol. The number of hydrogen-bond donors (Lipinski definition) is 2. The molecule has 24 heavy (non-hydrogen) atoms. The van der Waals surface area contributed by atoms with Crippen LogP contribution >= 0.6 is 0 Å². The van der Waals surface area contributed by atoms with E-state index in [1.165, 1.54) is 0 Å². The number of nitrogens with one attached hydrogen (secondary N) is 2. The van der Waals surface area contributed by atoms with Crippen molar-refractivity contribution in [1.82, 2.24) is 10.6 Å². The van der Waals surface area contributed by atoms with Gasteiger partial charge in [-0.05, 0) is 24.0 Å². The summed E-state index contributed by atoms with van der Waals surface area (Å²) in [7, 11) is 0. The van der Waals surface area contributed by atoms with Gasteiger partial charge in [0.05, 0.1) is 0 Å². The lowest BCUT2D eigenvalue weighted by Gasteiger charge is -2.07. The fourth-order valence-corrected chi connectivity index (χ4v) is 2.39. The van der Waals surface area contributed by atoms with E-state index < -0.39 is 0 Å². The van der Waals surface area contributed by atoms with E-state index in [4.69, 9.17) is 0 Å². The molecule has 0 aliphatic heterocycles. The van der Waals surface area contributed by atoms with Crippen molar-refractivity contribution >= 4 is 11.8 Å². The molecule has 0 bridgehead atoms. The number of aryl methyl sites for hydroxylation is 2. The van der Waals surface area contributed by atoms with E-state index in [0.29, 0.717) is 25.9 Å². The van der Waals surface area contributed by atoms with Crippen molar-refractivity contribution in [3.05, 3.63) is 71.8 Å². The first-order valence-corrected chi connectivity index (χ1v) is 8.35. The molecule has 2 rings (SSSR count). The first-order chi connectivity index (χ1) is 11.7. The maximum absolute atomic E-state index is 11.7. The minimum Gasteiger partial charge on any atom is -0.354 e. The van der Waals surface area contributed by atoms with Gasteiger partial charge in [-0.2, -0.15) is 0 Å². The highest BCUT2D eigenvalue weighted by Crippen LogP contribution is 2.02. The standard InChI is InChI=1S/C20H24N2O2/c23-19(13-11-17-7-3-1-4-8-17)21-15-16-22-20(24)14-12-18-9-5-2-6-10-18/h1-10H,11-16H2,(H,21,23)(H,22,24). The second kappa shape index (κ2) is 10.2. The molecule has 2 aromatic rings. The van der Waals surface area contributed by atoms with Crippen LogP contribution in [0.25, 0.3) is 0 Å². The molecule has 126 valence electrons. The normalized spacial score (nSPS) is 10.2. The highest BCUT2D eigenvalue weighted by atomic mass is 16.2. The van der Waals surface area contributed by atoms with Gasteiger partial charge < -0.3 is 10.6 Å². The quantitative estimate of drug-likeness (QED) is 0.696. The number of carbonyl (C=O) groups excluding carboxylic acids is 2. The minimum atomic E-state index is 0.0115. The summed E-state index contributed by atoms with van der Waals surface area (Å²) in [6, 6.07) is 19.9. The van der Waals surface area contributed by atoms with Crippen LogP contribution in [0, 0.1) is 0 Å². The molecule has 4 heteroatoms. The molecule has 0 radical (unpaired) electrons. The van der Waals surface area contributed by atoms with Gasteiger partial charge in [-0.25, -0.2) is 0 Å². The molecule has 0 saturated heterocycles. The topological polar surface area (TPSA) is 58.2 Å². The fraction of sp³-hybridized carbons (Fsp3) is 0.300. The van der Waals surface area contributed by atoms with Crippen molar-refractivity contribution < 1.29 is 9.59 Å². The van der Waals surface area contributed by atoms with E-state index in [-0.39, 0.29) is 11.8 Å². The molecule has 0 fully saturated rings. The first-order valence-electron chi connectivity index (χ1n) is 8.35. The van der Waals surface area contributed by atoms with Crippen LogP contribution in [0.4, 0.5) is 0 Å². The Morgan fingerprint density at radius 2 is 1.00 bits per heavy atom. The third kappa shape index (κ3) is 7.09. The van der Waals surface area contributed by atoms with Gasteiger partial charge in [0.2, 0.25) is 11.8 Å². The molecule has 4 nitrogen and oxygen atoms in total. The zero-order valence-corrected chi connectivity index (χ0v) is 13.8. The molecule has 0 atom stereocenters. The summed E-state index contributed by atoms with van der Waals surface area (Å²) in [5, 5.41) is 5.66. The van der Waals surface area contributed by atoms with Crippen molar-refractivity contribution in [2.24, 2.45) is 0 Å². The number of benzene rings is 2. The summed E-state index contributed by atoms with van der Waals surface area (Å²) in [6.45, 7) is 0.926. The zero-order valence-electron chi connectivity index (χ0n) is 13.8. The van der Waals surface area contributed by atoms with Gasteiger partial charge in [-0.3, -0.25) is 9.59 Å². The third-order valence-corrected chi connectivity index (χ3v) is 3.74. The van der Waals surface area contributed by atoms with Gasteiger partial charge in [0.1, 0.15) is 0 Å². The summed E-state index contributed by atoms with van der Waals surface area (Å²) in [4.78, 5) is 23.5. The van der Waals surface area contributed by atoms with Crippen LogP contribution in [0.1, 0.15) is 24.0 Å². The largest absolute Gasteiger partial charge is 0.354 e. The Balaban J connectivity index is 1.52. The van der Waals surface area contributed by atoms with Crippen LogP contribution in [0.15, 0.2) is 60.7 Å². The van der Waals surface area contributed by atoms with E-state index in [2.05, 4.69) is 10.6 Å². The molecule has 2 N–H and O–H groups in total. The Morgan fingerprint density at radius 1 is 0.625 bits per heavy atom. The van der Waals surface area contributed by atoms with Gasteiger partial charge in [-0.15, -0.1) is 0 Å². The van der Waals surface area contributed by atoms with Crippen LogP contribution in [0.2, 0.25) is 0 Å².